The molecule has 0 radical (unpaired) electrons. The third-order valence-corrected chi connectivity index (χ3v) is 4.97. The van der Waals surface area contributed by atoms with E-state index in [2.05, 4.69) is 22.1 Å². The van der Waals surface area contributed by atoms with Gasteiger partial charge in [-0.3, -0.25) is 10.1 Å². The number of aryl methyl sites for hydroxylation is 1. The molecule has 0 aliphatic carbocycles. The topological polar surface area (TPSA) is 88.5 Å². The van der Waals surface area contributed by atoms with Gasteiger partial charge in [-0.2, -0.15) is 4.98 Å². The van der Waals surface area contributed by atoms with Gasteiger partial charge in [0.05, 0.1) is 4.92 Å². The van der Waals surface area contributed by atoms with Gasteiger partial charge in [-0.15, -0.1) is 0 Å². The first kappa shape index (κ1) is 18.1. The van der Waals surface area contributed by atoms with Crippen molar-refractivity contribution in [3.8, 4) is 22.8 Å². The van der Waals surface area contributed by atoms with Crippen LogP contribution in [0.15, 0.2) is 47.0 Å². The minimum absolute atomic E-state index is 0.0531. The minimum atomic E-state index is -0.352. The molecule has 8 nitrogen and oxygen atoms in total. The second kappa shape index (κ2) is 7.40. The zero-order chi connectivity index (χ0) is 19.7. The van der Waals surface area contributed by atoms with Gasteiger partial charge in [0, 0.05) is 43.4 Å². The van der Waals surface area contributed by atoms with Crippen LogP contribution in [0, 0.1) is 17.0 Å². The van der Waals surface area contributed by atoms with Crippen molar-refractivity contribution in [2.24, 2.45) is 0 Å². The van der Waals surface area contributed by atoms with Gasteiger partial charge in [-0.05, 0) is 32.2 Å². The summed E-state index contributed by atoms with van der Waals surface area (Å²) in [5.41, 5.74) is 3.16. The molecule has 3 aromatic rings. The number of hydrogen-bond donors (Lipinski definition) is 0. The Labute approximate surface area is 162 Å². The number of aromatic nitrogens is 2. The Morgan fingerprint density at radius 3 is 2.57 bits per heavy atom. The first-order chi connectivity index (χ1) is 13.5. The fourth-order valence-corrected chi connectivity index (χ4v) is 3.36. The van der Waals surface area contributed by atoms with Gasteiger partial charge in [0.15, 0.2) is 0 Å². The summed E-state index contributed by atoms with van der Waals surface area (Å²) >= 11 is 0. The molecule has 0 amide bonds. The summed E-state index contributed by atoms with van der Waals surface area (Å²) in [6.45, 7) is 5.26. The second-order valence-corrected chi connectivity index (χ2v) is 7.04. The highest BCUT2D eigenvalue weighted by molar-refractivity contribution is 5.71. The Morgan fingerprint density at radius 1 is 1.07 bits per heavy atom. The van der Waals surface area contributed by atoms with Gasteiger partial charge in [0.25, 0.3) is 11.6 Å². The van der Waals surface area contributed by atoms with Crippen molar-refractivity contribution >= 4 is 11.4 Å². The maximum Gasteiger partial charge on any atom is 0.293 e. The number of rotatable bonds is 4. The summed E-state index contributed by atoms with van der Waals surface area (Å²) in [6.07, 6.45) is 0. The molecule has 0 N–H and O–H groups in total. The second-order valence-electron chi connectivity index (χ2n) is 7.04. The van der Waals surface area contributed by atoms with Crippen LogP contribution in [-0.4, -0.2) is 53.2 Å². The lowest BCUT2D eigenvalue weighted by molar-refractivity contribution is -0.384. The third-order valence-electron chi connectivity index (χ3n) is 4.97. The summed E-state index contributed by atoms with van der Waals surface area (Å²) in [7, 11) is 2.05. The molecule has 1 aromatic heterocycles. The van der Waals surface area contributed by atoms with Gasteiger partial charge >= 0.3 is 0 Å². The van der Waals surface area contributed by atoms with Gasteiger partial charge in [-0.1, -0.05) is 28.9 Å². The highest BCUT2D eigenvalue weighted by Gasteiger charge is 2.24. The van der Waals surface area contributed by atoms with Crippen molar-refractivity contribution in [3.05, 3.63) is 58.1 Å². The van der Waals surface area contributed by atoms with E-state index < -0.39 is 0 Å². The number of nitrogens with zero attached hydrogens (tertiary/aromatic N) is 5. The largest absolute Gasteiger partial charge is 0.363 e. The van der Waals surface area contributed by atoms with E-state index in [1.807, 2.05) is 36.1 Å². The van der Waals surface area contributed by atoms with E-state index in [9.17, 15) is 10.1 Å². The molecule has 2 aromatic carbocycles. The smallest absolute Gasteiger partial charge is 0.293 e. The van der Waals surface area contributed by atoms with E-state index >= 15 is 0 Å². The number of nitro groups is 1. The molecule has 1 aliphatic rings. The monoisotopic (exact) mass is 379 g/mol. The van der Waals surface area contributed by atoms with Crippen LogP contribution < -0.4 is 4.90 Å². The van der Waals surface area contributed by atoms with Crippen LogP contribution in [0.5, 0.6) is 0 Å². The lowest BCUT2D eigenvalue weighted by Gasteiger charge is -2.33. The zero-order valence-electron chi connectivity index (χ0n) is 15.8. The molecule has 0 unspecified atom stereocenters. The number of anilines is 1. The minimum Gasteiger partial charge on any atom is -0.363 e. The van der Waals surface area contributed by atoms with Crippen molar-refractivity contribution in [3.63, 3.8) is 0 Å². The Morgan fingerprint density at radius 2 is 1.86 bits per heavy atom. The number of nitro benzene ring substituents is 1. The van der Waals surface area contributed by atoms with E-state index in [1.54, 1.807) is 12.1 Å². The SMILES string of the molecule is Cc1cccc(-c2noc(-c3ccc(N4CCN(C)CC4)c([N+](=O)[O-])c3)n2)c1. The van der Waals surface area contributed by atoms with E-state index in [-0.39, 0.29) is 16.5 Å². The maximum atomic E-state index is 11.7. The average molecular weight is 379 g/mol. The predicted octanol–water partition coefficient (Wildman–Crippen LogP) is 3.37. The van der Waals surface area contributed by atoms with Crippen LogP contribution in [0.1, 0.15) is 5.56 Å². The quantitative estimate of drug-likeness (QED) is 0.507. The van der Waals surface area contributed by atoms with Crippen LogP contribution in [0.4, 0.5) is 11.4 Å². The Kier molecular flexibility index (Phi) is 4.79. The first-order valence-electron chi connectivity index (χ1n) is 9.14. The normalized spacial score (nSPS) is 15.0. The molecule has 8 heteroatoms. The predicted molar refractivity (Wildman–Crippen MR) is 106 cm³/mol. The lowest BCUT2D eigenvalue weighted by atomic mass is 10.1. The van der Waals surface area contributed by atoms with Crippen molar-refractivity contribution in [1.29, 1.82) is 0 Å². The van der Waals surface area contributed by atoms with Crippen LogP contribution in [0.2, 0.25) is 0 Å². The van der Waals surface area contributed by atoms with Crippen LogP contribution in [0.25, 0.3) is 22.8 Å². The fraction of sp³-hybridized carbons (Fsp3) is 0.300. The highest BCUT2D eigenvalue weighted by atomic mass is 16.6. The zero-order valence-corrected chi connectivity index (χ0v) is 15.8. The third kappa shape index (κ3) is 3.59. The van der Waals surface area contributed by atoms with Crippen molar-refractivity contribution in [2.45, 2.75) is 6.92 Å². The Balaban J connectivity index is 1.66. The lowest BCUT2D eigenvalue weighted by Crippen LogP contribution is -2.44. The standard InChI is InChI=1S/C20H21N5O3/c1-14-4-3-5-15(12-14)19-21-20(28-22-19)16-6-7-17(18(13-16)25(26)27)24-10-8-23(2)9-11-24/h3-7,12-13H,8-11H2,1-2H3. The van der Waals surface area contributed by atoms with E-state index in [4.69, 9.17) is 4.52 Å². The molecule has 1 fully saturated rings. The molecule has 4 rings (SSSR count). The number of hydrogen-bond acceptors (Lipinski definition) is 7. The summed E-state index contributed by atoms with van der Waals surface area (Å²) < 4.78 is 5.38. The molecule has 2 heterocycles. The molecular weight excluding hydrogens is 358 g/mol. The summed E-state index contributed by atoms with van der Waals surface area (Å²) in [5, 5.41) is 15.7. The summed E-state index contributed by atoms with van der Waals surface area (Å²) in [4.78, 5) is 20.0. The molecule has 1 aliphatic heterocycles. The Bertz CT molecular complexity index is 1010. The van der Waals surface area contributed by atoms with Crippen molar-refractivity contribution < 1.29 is 9.45 Å². The van der Waals surface area contributed by atoms with Crippen molar-refractivity contribution in [1.82, 2.24) is 15.0 Å². The first-order valence-corrected chi connectivity index (χ1v) is 9.14. The molecule has 0 spiro atoms. The molecule has 0 bridgehead atoms. The average Bonchev–Trinajstić information content (AvgIpc) is 3.18. The van der Waals surface area contributed by atoms with E-state index in [0.29, 0.717) is 17.1 Å². The number of piperazine rings is 1. The van der Waals surface area contributed by atoms with Gasteiger partial charge in [-0.25, -0.2) is 0 Å². The summed E-state index contributed by atoms with van der Waals surface area (Å²) in [5.74, 6) is 0.731. The fourth-order valence-electron chi connectivity index (χ4n) is 3.36. The highest BCUT2D eigenvalue weighted by Crippen LogP contribution is 2.33. The number of likely N-dealkylation sites (N-methyl/N-ethyl adjacent to an activating group) is 1. The van der Waals surface area contributed by atoms with Gasteiger partial charge in [0.2, 0.25) is 5.82 Å². The molecule has 0 atom stereocenters. The molecule has 28 heavy (non-hydrogen) atoms. The molecular formula is C20H21N5O3. The maximum absolute atomic E-state index is 11.7. The van der Waals surface area contributed by atoms with Gasteiger partial charge in [0.1, 0.15) is 5.69 Å². The summed E-state index contributed by atoms with van der Waals surface area (Å²) in [6, 6.07) is 12.9. The molecule has 0 saturated carbocycles. The van der Waals surface area contributed by atoms with Crippen molar-refractivity contribution in [2.75, 3.05) is 38.1 Å². The van der Waals surface area contributed by atoms with E-state index in [0.717, 1.165) is 37.3 Å². The van der Waals surface area contributed by atoms with Crippen LogP contribution in [0.3, 0.4) is 0 Å². The van der Waals surface area contributed by atoms with Crippen LogP contribution in [-0.2, 0) is 0 Å². The number of benzene rings is 2. The Hall–Kier alpha value is -3.26. The van der Waals surface area contributed by atoms with E-state index in [1.165, 1.54) is 6.07 Å². The van der Waals surface area contributed by atoms with Crippen LogP contribution >= 0.6 is 0 Å². The molecule has 144 valence electrons. The molecule has 1 saturated heterocycles. The van der Waals surface area contributed by atoms with Gasteiger partial charge < -0.3 is 14.3 Å².